The standard InChI is InChI=1S/C17H24FN3/c1-6-9-19-17(14-7-8-15(18)11(2)10-14)16-12(3)20-21(5)13(16)4/h7-8,10,17,19H,6,9H2,1-5H3. The molecule has 0 amide bonds. The number of nitrogens with zero attached hydrogens (tertiary/aromatic N) is 2. The molecule has 2 aromatic rings. The Morgan fingerprint density at radius 2 is 2.00 bits per heavy atom. The van der Waals surface area contributed by atoms with Crippen molar-refractivity contribution in [2.24, 2.45) is 7.05 Å². The number of halogens is 1. The average Bonchev–Trinajstić information content (AvgIpc) is 2.69. The van der Waals surface area contributed by atoms with Crippen molar-refractivity contribution in [3.8, 4) is 0 Å². The zero-order valence-electron chi connectivity index (χ0n) is 13.5. The minimum atomic E-state index is -0.160. The Morgan fingerprint density at radius 1 is 1.29 bits per heavy atom. The van der Waals surface area contributed by atoms with Gasteiger partial charge < -0.3 is 5.32 Å². The van der Waals surface area contributed by atoms with Crippen LogP contribution in [0.15, 0.2) is 18.2 Å². The molecule has 0 bridgehead atoms. The molecule has 0 aliphatic rings. The second-order valence-electron chi connectivity index (χ2n) is 5.60. The summed E-state index contributed by atoms with van der Waals surface area (Å²) in [7, 11) is 1.96. The summed E-state index contributed by atoms with van der Waals surface area (Å²) in [5, 5.41) is 8.08. The van der Waals surface area contributed by atoms with Crippen LogP contribution >= 0.6 is 0 Å². The molecule has 3 nitrogen and oxygen atoms in total. The molecule has 0 radical (unpaired) electrons. The minimum Gasteiger partial charge on any atom is -0.306 e. The van der Waals surface area contributed by atoms with E-state index in [1.807, 2.05) is 30.8 Å². The van der Waals surface area contributed by atoms with Crippen LogP contribution in [0.4, 0.5) is 4.39 Å². The number of aromatic nitrogens is 2. The predicted octanol–water partition coefficient (Wildman–Crippen LogP) is 3.57. The number of hydrogen-bond acceptors (Lipinski definition) is 2. The fraction of sp³-hybridized carbons (Fsp3) is 0.471. The number of nitrogens with one attached hydrogen (secondary N) is 1. The van der Waals surface area contributed by atoms with Gasteiger partial charge in [0, 0.05) is 18.3 Å². The van der Waals surface area contributed by atoms with Crippen molar-refractivity contribution in [1.82, 2.24) is 15.1 Å². The third-order valence-corrected chi connectivity index (χ3v) is 3.97. The molecule has 4 heteroatoms. The summed E-state index contributed by atoms with van der Waals surface area (Å²) in [6.07, 6.45) is 1.05. The van der Waals surface area contributed by atoms with Crippen molar-refractivity contribution in [3.05, 3.63) is 52.1 Å². The molecule has 0 saturated heterocycles. The predicted molar refractivity (Wildman–Crippen MR) is 84.0 cm³/mol. The van der Waals surface area contributed by atoms with E-state index >= 15 is 0 Å². The lowest BCUT2D eigenvalue weighted by atomic mass is 9.95. The molecule has 1 atom stereocenters. The van der Waals surface area contributed by atoms with E-state index in [1.54, 1.807) is 13.0 Å². The van der Waals surface area contributed by atoms with Crippen LogP contribution in [0.5, 0.6) is 0 Å². The molecule has 21 heavy (non-hydrogen) atoms. The maximum absolute atomic E-state index is 13.5. The first-order chi connectivity index (χ1) is 9.95. The van der Waals surface area contributed by atoms with E-state index in [9.17, 15) is 4.39 Å². The average molecular weight is 289 g/mol. The highest BCUT2D eigenvalue weighted by molar-refractivity contribution is 5.38. The normalized spacial score (nSPS) is 12.7. The molecule has 1 aromatic heterocycles. The Morgan fingerprint density at radius 3 is 2.52 bits per heavy atom. The molecule has 1 N–H and O–H groups in total. The molecule has 1 aromatic carbocycles. The van der Waals surface area contributed by atoms with E-state index in [0.717, 1.165) is 29.9 Å². The van der Waals surface area contributed by atoms with Gasteiger partial charge in [0.1, 0.15) is 5.82 Å². The molecular weight excluding hydrogens is 265 g/mol. The molecule has 2 rings (SSSR count). The zero-order chi connectivity index (χ0) is 15.6. The van der Waals surface area contributed by atoms with E-state index in [-0.39, 0.29) is 11.9 Å². The van der Waals surface area contributed by atoms with Crippen molar-refractivity contribution in [2.45, 2.75) is 40.2 Å². The molecule has 0 saturated carbocycles. The van der Waals surface area contributed by atoms with E-state index < -0.39 is 0 Å². The van der Waals surface area contributed by atoms with E-state index in [2.05, 4.69) is 24.3 Å². The summed E-state index contributed by atoms with van der Waals surface area (Å²) in [6, 6.07) is 5.39. The summed E-state index contributed by atoms with van der Waals surface area (Å²) in [5.41, 5.74) is 5.11. The Hall–Kier alpha value is -1.68. The van der Waals surface area contributed by atoms with Gasteiger partial charge in [0.2, 0.25) is 0 Å². The van der Waals surface area contributed by atoms with Crippen LogP contribution in [0.25, 0.3) is 0 Å². The fourth-order valence-corrected chi connectivity index (χ4v) is 2.73. The van der Waals surface area contributed by atoms with Crippen LogP contribution in [0.2, 0.25) is 0 Å². The highest BCUT2D eigenvalue weighted by atomic mass is 19.1. The largest absolute Gasteiger partial charge is 0.306 e. The van der Waals surface area contributed by atoms with Crippen LogP contribution in [0.3, 0.4) is 0 Å². The lowest BCUT2D eigenvalue weighted by Gasteiger charge is -2.20. The first-order valence-electron chi connectivity index (χ1n) is 7.45. The van der Waals surface area contributed by atoms with Crippen LogP contribution in [0.1, 0.15) is 47.5 Å². The molecule has 1 unspecified atom stereocenters. The number of hydrogen-bond donors (Lipinski definition) is 1. The van der Waals surface area contributed by atoms with Gasteiger partial charge in [-0.2, -0.15) is 5.10 Å². The summed E-state index contributed by atoms with van der Waals surface area (Å²) < 4.78 is 15.4. The van der Waals surface area contributed by atoms with Crippen molar-refractivity contribution >= 4 is 0 Å². The van der Waals surface area contributed by atoms with Gasteiger partial charge in [0.25, 0.3) is 0 Å². The van der Waals surface area contributed by atoms with Crippen molar-refractivity contribution in [1.29, 1.82) is 0 Å². The molecule has 0 fully saturated rings. The minimum absolute atomic E-state index is 0.0537. The summed E-state index contributed by atoms with van der Waals surface area (Å²) >= 11 is 0. The molecule has 114 valence electrons. The van der Waals surface area contributed by atoms with Gasteiger partial charge in [-0.1, -0.05) is 19.1 Å². The van der Waals surface area contributed by atoms with Crippen LogP contribution < -0.4 is 5.32 Å². The highest BCUT2D eigenvalue weighted by Gasteiger charge is 2.21. The first-order valence-corrected chi connectivity index (χ1v) is 7.45. The van der Waals surface area contributed by atoms with Gasteiger partial charge in [0.15, 0.2) is 0 Å². The van der Waals surface area contributed by atoms with Crippen molar-refractivity contribution in [2.75, 3.05) is 6.54 Å². The number of benzene rings is 1. The summed E-state index contributed by atoms with van der Waals surface area (Å²) in [4.78, 5) is 0. The van der Waals surface area contributed by atoms with E-state index in [0.29, 0.717) is 5.56 Å². The lowest BCUT2D eigenvalue weighted by Crippen LogP contribution is -2.24. The summed E-state index contributed by atoms with van der Waals surface area (Å²) in [5.74, 6) is -0.160. The fourth-order valence-electron chi connectivity index (χ4n) is 2.73. The maximum Gasteiger partial charge on any atom is 0.126 e. The number of aryl methyl sites for hydroxylation is 3. The van der Waals surface area contributed by atoms with Gasteiger partial charge in [-0.3, -0.25) is 4.68 Å². The van der Waals surface area contributed by atoms with Crippen LogP contribution in [0, 0.1) is 26.6 Å². The highest BCUT2D eigenvalue weighted by Crippen LogP contribution is 2.28. The van der Waals surface area contributed by atoms with Crippen LogP contribution in [-0.2, 0) is 7.05 Å². The Bertz CT molecular complexity index is 631. The quantitative estimate of drug-likeness (QED) is 0.912. The lowest BCUT2D eigenvalue weighted by molar-refractivity contribution is 0.585. The maximum atomic E-state index is 13.5. The zero-order valence-corrected chi connectivity index (χ0v) is 13.5. The second-order valence-corrected chi connectivity index (χ2v) is 5.60. The Labute approximate surface area is 126 Å². The topological polar surface area (TPSA) is 29.9 Å². The van der Waals surface area contributed by atoms with Gasteiger partial charge in [0.05, 0.1) is 11.7 Å². The smallest absolute Gasteiger partial charge is 0.126 e. The molecule has 0 aliphatic carbocycles. The number of rotatable bonds is 5. The van der Waals surface area contributed by atoms with Gasteiger partial charge >= 0.3 is 0 Å². The van der Waals surface area contributed by atoms with E-state index in [4.69, 9.17) is 0 Å². The van der Waals surface area contributed by atoms with Gasteiger partial charge in [-0.05, 0) is 50.9 Å². The van der Waals surface area contributed by atoms with Gasteiger partial charge in [-0.15, -0.1) is 0 Å². The van der Waals surface area contributed by atoms with E-state index in [1.165, 1.54) is 5.56 Å². The molecule has 0 spiro atoms. The summed E-state index contributed by atoms with van der Waals surface area (Å²) in [6.45, 7) is 8.96. The van der Waals surface area contributed by atoms with Crippen molar-refractivity contribution < 1.29 is 4.39 Å². The van der Waals surface area contributed by atoms with Gasteiger partial charge in [-0.25, -0.2) is 4.39 Å². The van der Waals surface area contributed by atoms with Crippen molar-refractivity contribution in [3.63, 3.8) is 0 Å². The Kier molecular flexibility index (Phi) is 4.78. The molecular formula is C17H24FN3. The monoisotopic (exact) mass is 289 g/mol. The molecule has 0 aliphatic heterocycles. The third kappa shape index (κ3) is 3.16. The second kappa shape index (κ2) is 6.39. The van der Waals surface area contributed by atoms with Crippen LogP contribution in [-0.4, -0.2) is 16.3 Å². The SMILES string of the molecule is CCCNC(c1ccc(F)c(C)c1)c1c(C)nn(C)c1C. The third-order valence-electron chi connectivity index (χ3n) is 3.97. The first kappa shape index (κ1) is 15.7. The Balaban J connectivity index is 2.49. The molecule has 1 heterocycles.